The lowest BCUT2D eigenvalue weighted by Crippen LogP contribution is -2.40. The Kier molecular flexibility index (Phi) is 7.54. The molecule has 1 aromatic rings. The Morgan fingerprint density at radius 1 is 1.26 bits per heavy atom. The molecule has 2 atom stereocenters. The minimum absolute atomic E-state index is 0.179. The average molecular weight is 341 g/mol. The van der Waals surface area contributed by atoms with Crippen molar-refractivity contribution in [2.45, 2.75) is 32.7 Å². The Labute approximate surface area is 140 Å². The Morgan fingerprint density at radius 2 is 1.91 bits per heavy atom. The van der Waals surface area contributed by atoms with Crippen LogP contribution in [0.1, 0.15) is 38.3 Å². The van der Waals surface area contributed by atoms with Crippen molar-refractivity contribution >= 4 is 29.4 Å². The van der Waals surface area contributed by atoms with Gasteiger partial charge >= 0.3 is 5.97 Å². The van der Waals surface area contributed by atoms with Gasteiger partial charge in [0, 0.05) is 10.9 Å². The summed E-state index contributed by atoms with van der Waals surface area (Å²) in [6.07, 6.45) is 0.378. The number of nitrogens with one attached hydrogen (secondary N) is 2. The first kappa shape index (κ1) is 19.0. The fourth-order valence-electron chi connectivity index (χ4n) is 1.94. The second-order valence-electron chi connectivity index (χ2n) is 5.27. The van der Waals surface area contributed by atoms with Crippen LogP contribution in [0.4, 0.5) is 0 Å². The van der Waals surface area contributed by atoms with Gasteiger partial charge in [0.05, 0.1) is 19.0 Å². The highest BCUT2D eigenvalue weighted by Gasteiger charge is 2.20. The number of carbonyl (C=O) groups is 3. The molecule has 6 nitrogen and oxygen atoms in total. The highest BCUT2D eigenvalue weighted by atomic mass is 35.5. The van der Waals surface area contributed by atoms with Crippen molar-refractivity contribution in [3.05, 3.63) is 34.9 Å². The zero-order chi connectivity index (χ0) is 17.4. The molecule has 0 fully saturated rings. The summed E-state index contributed by atoms with van der Waals surface area (Å²) in [5.74, 6) is -1.91. The summed E-state index contributed by atoms with van der Waals surface area (Å²) in [4.78, 5) is 34.6. The maximum atomic E-state index is 12.0. The molecule has 0 unspecified atom stereocenters. The predicted octanol–water partition coefficient (Wildman–Crippen LogP) is 2.13. The van der Waals surface area contributed by atoms with Crippen LogP contribution in [-0.4, -0.2) is 29.4 Å². The third-order valence-electron chi connectivity index (χ3n) is 3.48. The lowest BCUT2D eigenvalue weighted by Gasteiger charge is -2.19. The summed E-state index contributed by atoms with van der Waals surface area (Å²) in [5.41, 5.74) is 0.526. The standard InChI is InChI=1S/C16H21ClN2O4/c1-3-10(2)16(23)18-9-14(20)19-13(8-15(21)22)11-6-4-5-7-12(11)17/h4-7,10,13H,3,8-9H2,1-2H3,(H,18,23)(H,19,20)(H,21,22)/t10-,13+/m0/s1. The smallest absolute Gasteiger partial charge is 0.305 e. The van der Waals surface area contributed by atoms with Crippen LogP contribution in [0.2, 0.25) is 5.02 Å². The second-order valence-corrected chi connectivity index (χ2v) is 5.67. The van der Waals surface area contributed by atoms with Gasteiger partial charge in [0.15, 0.2) is 0 Å². The predicted molar refractivity (Wildman–Crippen MR) is 87.1 cm³/mol. The third-order valence-corrected chi connectivity index (χ3v) is 3.82. The SMILES string of the molecule is CC[C@H](C)C(=O)NCC(=O)N[C@H](CC(=O)O)c1ccccc1Cl. The maximum Gasteiger partial charge on any atom is 0.305 e. The quantitative estimate of drug-likeness (QED) is 0.675. The summed E-state index contributed by atoms with van der Waals surface area (Å²) in [7, 11) is 0. The summed E-state index contributed by atoms with van der Waals surface area (Å²) in [6, 6.07) is 5.97. The molecule has 1 rings (SSSR count). The third kappa shape index (κ3) is 6.28. The number of hydrogen-bond acceptors (Lipinski definition) is 3. The summed E-state index contributed by atoms with van der Waals surface area (Å²) >= 11 is 6.06. The molecular weight excluding hydrogens is 320 g/mol. The van der Waals surface area contributed by atoms with Crippen molar-refractivity contribution in [1.82, 2.24) is 10.6 Å². The Balaban J connectivity index is 2.71. The fourth-order valence-corrected chi connectivity index (χ4v) is 2.21. The van der Waals surface area contributed by atoms with Crippen LogP contribution in [0.25, 0.3) is 0 Å². The monoisotopic (exact) mass is 340 g/mol. The number of halogens is 1. The molecular formula is C16H21ClN2O4. The van der Waals surface area contributed by atoms with Gasteiger partial charge in [0.2, 0.25) is 11.8 Å². The Morgan fingerprint density at radius 3 is 2.48 bits per heavy atom. The van der Waals surface area contributed by atoms with Crippen LogP contribution in [0.3, 0.4) is 0 Å². The van der Waals surface area contributed by atoms with E-state index in [1.165, 1.54) is 0 Å². The van der Waals surface area contributed by atoms with E-state index in [0.29, 0.717) is 17.0 Å². The van der Waals surface area contributed by atoms with Gasteiger partial charge in [-0.3, -0.25) is 14.4 Å². The lowest BCUT2D eigenvalue weighted by atomic mass is 10.0. The zero-order valence-electron chi connectivity index (χ0n) is 13.1. The molecule has 3 N–H and O–H groups in total. The van der Waals surface area contributed by atoms with Gasteiger partial charge in [-0.25, -0.2) is 0 Å². The van der Waals surface area contributed by atoms with Crippen LogP contribution in [0.15, 0.2) is 24.3 Å². The highest BCUT2D eigenvalue weighted by Crippen LogP contribution is 2.24. The molecule has 23 heavy (non-hydrogen) atoms. The number of carboxylic acids is 1. The van der Waals surface area contributed by atoms with Gasteiger partial charge in [-0.2, -0.15) is 0 Å². The van der Waals surface area contributed by atoms with Gasteiger partial charge in [-0.1, -0.05) is 43.6 Å². The van der Waals surface area contributed by atoms with E-state index in [9.17, 15) is 14.4 Å². The molecule has 0 saturated heterocycles. The van der Waals surface area contributed by atoms with Crippen molar-refractivity contribution in [3.8, 4) is 0 Å². The molecule has 7 heteroatoms. The maximum absolute atomic E-state index is 12.0. The summed E-state index contributed by atoms with van der Waals surface area (Å²) < 4.78 is 0. The van der Waals surface area contributed by atoms with E-state index in [4.69, 9.17) is 16.7 Å². The minimum Gasteiger partial charge on any atom is -0.481 e. The van der Waals surface area contributed by atoms with Crippen molar-refractivity contribution < 1.29 is 19.5 Å². The number of benzene rings is 1. The lowest BCUT2D eigenvalue weighted by molar-refractivity contribution is -0.138. The van der Waals surface area contributed by atoms with E-state index < -0.39 is 17.9 Å². The number of aliphatic carboxylic acids is 1. The van der Waals surface area contributed by atoms with Crippen LogP contribution < -0.4 is 10.6 Å². The Bertz CT molecular complexity index is 577. The summed E-state index contributed by atoms with van der Waals surface area (Å²) in [6.45, 7) is 3.44. The molecule has 0 aliphatic heterocycles. The first-order valence-electron chi connectivity index (χ1n) is 7.38. The molecule has 0 saturated carbocycles. The molecule has 0 aliphatic rings. The van der Waals surface area contributed by atoms with Gasteiger partial charge in [0.1, 0.15) is 0 Å². The van der Waals surface area contributed by atoms with E-state index in [0.717, 1.165) is 0 Å². The van der Waals surface area contributed by atoms with E-state index in [1.54, 1.807) is 31.2 Å². The molecule has 0 heterocycles. The van der Waals surface area contributed by atoms with E-state index in [-0.39, 0.29) is 24.8 Å². The van der Waals surface area contributed by atoms with Gasteiger partial charge in [-0.15, -0.1) is 0 Å². The molecule has 0 aromatic heterocycles. The molecule has 2 amide bonds. The number of amides is 2. The van der Waals surface area contributed by atoms with E-state index in [2.05, 4.69) is 10.6 Å². The second kappa shape index (κ2) is 9.15. The van der Waals surface area contributed by atoms with Crippen LogP contribution >= 0.6 is 11.6 Å². The molecule has 1 aromatic carbocycles. The fraction of sp³-hybridized carbons (Fsp3) is 0.438. The van der Waals surface area contributed by atoms with Gasteiger partial charge < -0.3 is 15.7 Å². The van der Waals surface area contributed by atoms with Crippen LogP contribution in [0, 0.1) is 5.92 Å². The van der Waals surface area contributed by atoms with E-state index >= 15 is 0 Å². The zero-order valence-corrected chi connectivity index (χ0v) is 13.9. The first-order valence-corrected chi connectivity index (χ1v) is 7.76. The van der Waals surface area contributed by atoms with Crippen molar-refractivity contribution in [1.29, 1.82) is 0 Å². The first-order chi connectivity index (χ1) is 10.8. The van der Waals surface area contributed by atoms with Gasteiger partial charge in [-0.05, 0) is 18.1 Å². The Hall–Kier alpha value is -2.08. The van der Waals surface area contributed by atoms with Crippen LogP contribution in [-0.2, 0) is 14.4 Å². The van der Waals surface area contributed by atoms with Crippen molar-refractivity contribution in [2.24, 2.45) is 5.92 Å². The molecule has 0 bridgehead atoms. The van der Waals surface area contributed by atoms with Gasteiger partial charge in [0.25, 0.3) is 0 Å². The number of hydrogen-bond donors (Lipinski definition) is 3. The van der Waals surface area contributed by atoms with Crippen LogP contribution in [0.5, 0.6) is 0 Å². The molecule has 0 radical (unpaired) electrons. The minimum atomic E-state index is -1.06. The van der Waals surface area contributed by atoms with Crippen molar-refractivity contribution in [2.75, 3.05) is 6.54 Å². The average Bonchev–Trinajstić information content (AvgIpc) is 2.51. The normalized spacial score (nSPS) is 13.0. The molecule has 126 valence electrons. The summed E-state index contributed by atoms with van der Waals surface area (Å²) in [5, 5.41) is 14.5. The van der Waals surface area contributed by atoms with E-state index in [1.807, 2.05) is 6.92 Å². The van der Waals surface area contributed by atoms with Crippen molar-refractivity contribution in [3.63, 3.8) is 0 Å². The molecule has 0 aliphatic carbocycles. The molecule has 0 spiro atoms. The highest BCUT2D eigenvalue weighted by molar-refractivity contribution is 6.31. The topological polar surface area (TPSA) is 95.5 Å². The number of rotatable bonds is 8. The number of carboxylic acid groups (broad SMARTS) is 1. The number of carbonyl (C=O) groups excluding carboxylic acids is 2. The largest absolute Gasteiger partial charge is 0.481 e.